The minimum atomic E-state index is -1.06. The summed E-state index contributed by atoms with van der Waals surface area (Å²) in [6, 6.07) is 16.8. The average Bonchev–Trinajstić information content (AvgIpc) is 3.48. The first-order valence-electron chi connectivity index (χ1n) is 13.0. The number of ketones is 2. The predicted molar refractivity (Wildman–Crippen MR) is 155 cm³/mol. The molecule has 3 heterocycles. The van der Waals surface area contributed by atoms with Crippen molar-refractivity contribution in [3.05, 3.63) is 122 Å². The molecule has 0 spiro atoms. The lowest BCUT2D eigenvalue weighted by Gasteiger charge is -2.32. The van der Waals surface area contributed by atoms with E-state index in [1.54, 1.807) is 71.8 Å². The lowest BCUT2D eigenvalue weighted by Crippen LogP contribution is -2.46. The Morgan fingerprint density at radius 3 is 2.26 bits per heavy atom. The summed E-state index contributed by atoms with van der Waals surface area (Å²) in [4.78, 5) is 68.5. The maximum absolute atomic E-state index is 14.1. The van der Waals surface area contributed by atoms with Gasteiger partial charge in [-0.05, 0) is 52.3 Å². The van der Waals surface area contributed by atoms with E-state index in [9.17, 15) is 29.3 Å². The third kappa shape index (κ3) is 4.33. The number of carbonyl (C=O) groups is 4. The van der Waals surface area contributed by atoms with Crippen molar-refractivity contribution in [1.82, 2.24) is 4.90 Å². The zero-order valence-electron chi connectivity index (χ0n) is 22.0. The van der Waals surface area contributed by atoms with E-state index in [1.165, 1.54) is 31.4 Å². The standard InChI is InChI=1S/C31H22BrN3O7/c1-42-24-12-7-18(15-22(24)32)29(37)27-26-25(30(38)34(31(26)39)20-8-10-21(11-9-20)35(40)41)23-16-19(13-14-33(23)27)28(36)17-5-3-2-4-6-17/h2-16,23,25-27H,1H3/t23-,25-,26-,27-/m1/s1. The molecule has 6 rings (SSSR count). The van der Waals surface area contributed by atoms with Gasteiger partial charge in [0.15, 0.2) is 11.6 Å². The number of nitro groups is 1. The number of carbonyl (C=O) groups excluding carboxylic acids is 4. The average molecular weight is 628 g/mol. The summed E-state index contributed by atoms with van der Waals surface area (Å²) in [7, 11) is 1.50. The molecule has 3 aliphatic heterocycles. The number of hydrogen-bond acceptors (Lipinski definition) is 8. The van der Waals surface area contributed by atoms with Gasteiger partial charge >= 0.3 is 0 Å². The lowest BCUT2D eigenvalue weighted by molar-refractivity contribution is -0.384. The van der Waals surface area contributed by atoms with Crippen LogP contribution in [0, 0.1) is 22.0 Å². The number of fused-ring (bicyclic) bond motifs is 3. The Labute approximate surface area is 248 Å². The molecule has 2 amide bonds. The molecule has 2 fully saturated rings. The van der Waals surface area contributed by atoms with Crippen LogP contribution in [0.2, 0.25) is 0 Å². The molecule has 0 aromatic heterocycles. The number of imide groups is 1. The second-order valence-corrected chi connectivity index (χ2v) is 10.9. The molecule has 0 saturated carbocycles. The van der Waals surface area contributed by atoms with E-state index in [0.717, 1.165) is 4.90 Å². The molecule has 3 aliphatic rings. The van der Waals surface area contributed by atoms with E-state index in [1.807, 2.05) is 0 Å². The third-order valence-corrected chi connectivity index (χ3v) is 8.49. The van der Waals surface area contributed by atoms with Gasteiger partial charge in [-0.2, -0.15) is 0 Å². The van der Waals surface area contributed by atoms with Gasteiger partial charge in [0.1, 0.15) is 11.8 Å². The summed E-state index contributed by atoms with van der Waals surface area (Å²) in [6.45, 7) is 0. The number of allylic oxidation sites excluding steroid dienone is 2. The number of non-ortho nitro benzene ring substituents is 1. The highest BCUT2D eigenvalue weighted by atomic mass is 79.9. The number of amides is 2. The van der Waals surface area contributed by atoms with Crippen LogP contribution in [0.4, 0.5) is 11.4 Å². The summed E-state index contributed by atoms with van der Waals surface area (Å²) < 4.78 is 5.83. The predicted octanol–water partition coefficient (Wildman–Crippen LogP) is 4.74. The Balaban J connectivity index is 1.42. The number of benzene rings is 3. The van der Waals surface area contributed by atoms with Crippen molar-refractivity contribution in [3.8, 4) is 5.75 Å². The van der Waals surface area contributed by atoms with E-state index in [2.05, 4.69) is 15.9 Å². The van der Waals surface area contributed by atoms with Crippen LogP contribution >= 0.6 is 15.9 Å². The van der Waals surface area contributed by atoms with E-state index in [4.69, 9.17) is 4.74 Å². The number of Topliss-reactive ketones (excluding diaryl/α,β-unsaturated/α-hetero) is 2. The van der Waals surface area contributed by atoms with Crippen LogP contribution in [0.3, 0.4) is 0 Å². The highest BCUT2D eigenvalue weighted by Crippen LogP contribution is 2.47. The normalized spacial score (nSPS) is 22.5. The number of rotatable bonds is 7. The molecule has 42 heavy (non-hydrogen) atoms. The van der Waals surface area contributed by atoms with E-state index >= 15 is 0 Å². The van der Waals surface area contributed by atoms with E-state index in [-0.39, 0.29) is 22.9 Å². The second-order valence-electron chi connectivity index (χ2n) is 10.1. The molecule has 4 atom stereocenters. The molecule has 2 saturated heterocycles. The van der Waals surface area contributed by atoms with Gasteiger partial charge in [-0.15, -0.1) is 0 Å². The molecule has 0 unspecified atom stereocenters. The number of anilines is 1. The smallest absolute Gasteiger partial charge is 0.269 e. The number of halogens is 1. The highest BCUT2D eigenvalue weighted by molar-refractivity contribution is 9.10. The first-order chi connectivity index (χ1) is 20.2. The van der Waals surface area contributed by atoms with E-state index < -0.39 is 40.7 Å². The monoisotopic (exact) mass is 627 g/mol. The summed E-state index contributed by atoms with van der Waals surface area (Å²) in [5, 5.41) is 11.1. The SMILES string of the molecule is COc1ccc(C(=O)[C@H]2[C@@H]3C(=O)N(c4ccc([N+](=O)[O-])cc4)C(=O)[C@@H]3[C@H]3C=C(C(=O)c4ccccc4)C=CN32)cc1Br. The Bertz CT molecular complexity index is 1720. The maximum atomic E-state index is 14.1. The quantitative estimate of drug-likeness (QED) is 0.159. The highest BCUT2D eigenvalue weighted by Gasteiger charge is 2.63. The van der Waals surface area contributed by atoms with Crippen LogP contribution in [0.5, 0.6) is 5.75 Å². The van der Waals surface area contributed by atoms with Gasteiger partial charge in [0.05, 0.1) is 40.1 Å². The van der Waals surface area contributed by atoms with Crippen molar-refractivity contribution in [3.63, 3.8) is 0 Å². The first kappa shape index (κ1) is 27.3. The Kier molecular flexibility index (Phi) is 6.82. The fourth-order valence-electron chi connectivity index (χ4n) is 5.92. The summed E-state index contributed by atoms with van der Waals surface area (Å²) >= 11 is 3.40. The molecule has 11 heteroatoms. The Morgan fingerprint density at radius 2 is 1.62 bits per heavy atom. The Hall–Kier alpha value is -4.90. The van der Waals surface area contributed by atoms with Crippen molar-refractivity contribution in [2.75, 3.05) is 12.0 Å². The fraction of sp³-hybridized carbons (Fsp3) is 0.161. The van der Waals surface area contributed by atoms with Crippen LogP contribution in [-0.4, -0.2) is 52.4 Å². The molecule has 0 N–H and O–H groups in total. The summed E-state index contributed by atoms with van der Waals surface area (Å²) in [5.74, 6) is -3.26. The molecule has 0 bridgehead atoms. The molecule has 210 valence electrons. The number of methoxy groups -OCH3 is 1. The molecular formula is C31H22BrN3O7. The molecule has 0 aliphatic carbocycles. The molecule has 3 aromatic rings. The minimum Gasteiger partial charge on any atom is -0.496 e. The minimum absolute atomic E-state index is 0.172. The van der Waals surface area contributed by atoms with Gasteiger partial charge in [0.2, 0.25) is 11.8 Å². The summed E-state index contributed by atoms with van der Waals surface area (Å²) in [5.41, 5.74) is 1.10. The van der Waals surface area contributed by atoms with Crippen molar-refractivity contribution in [1.29, 1.82) is 0 Å². The van der Waals surface area contributed by atoms with E-state index in [0.29, 0.717) is 26.9 Å². The number of ether oxygens (including phenoxy) is 1. The van der Waals surface area contributed by atoms with Crippen LogP contribution in [-0.2, 0) is 9.59 Å². The number of nitrogens with zero attached hydrogens (tertiary/aromatic N) is 3. The molecular weight excluding hydrogens is 606 g/mol. The van der Waals surface area contributed by atoms with Gasteiger partial charge in [0.25, 0.3) is 5.69 Å². The maximum Gasteiger partial charge on any atom is 0.269 e. The van der Waals surface area contributed by atoms with Gasteiger partial charge in [-0.1, -0.05) is 36.4 Å². The van der Waals surface area contributed by atoms with Gasteiger partial charge < -0.3 is 9.64 Å². The molecule has 0 radical (unpaired) electrons. The van der Waals surface area contributed by atoms with Crippen LogP contribution < -0.4 is 9.64 Å². The zero-order chi connectivity index (χ0) is 29.7. The largest absolute Gasteiger partial charge is 0.496 e. The summed E-state index contributed by atoms with van der Waals surface area (Å²) in [6.07, 6.45) is 4.85. The first-order valence-corrected chi connectivity index (χ1v) is 13.8. The van der Waals surface area contributed by atoms with Crippen LogP contribution in [0.15, 0.2) is 101 Å². The van der Waals surface area contributed by atoms with Gasteiger partial charge in [-0.3, -0.25) is 29.3 Å². The van der Waals surface area contributed by atoms with Gasteiger partial charge in [-0.25, -0.2) is 4.90 Å². The lowest BCUT2D eigenvalue weighted by atomic mass is 9.85. The molecule has 10 nitrogen and oxygen atoms in total. The van der Waals surface area contributed by atoms with Crippen molar-refractivity contribution < 1.29 is 28.8 Å². The van der Waals surface area contributed by atoms with Gasteiger partial charge in [0, 0.05) is 35.0 Å². The third-order valence-electron chi connectivity index (χ3n) is 7.87. The second kappa shape index (κ2) is 10.5. The molecule has 3 aromatic carbocycles. The fourth-order valence-corrected chi connectivity index (χ4v) is 6.46. The van der Waals surface area contributed by atoms with Crippen molar-refractivity contribution >= 4 is 50.7 Å². The topological polar surface area (TPSA) is 127 Å². The zero-order valence-corrected chi connectivity index (χ0v) is 23.6. The van der Waals surface area contributed by atoms with Crippen molar-refractivity contribution in [2.45, 2.75) is 12.1 Å². The van der Waals surface area contributed by atoms with Crippen LogP contribution in [0.1, 0.15) is 20.7 Å². The van der Waals surface area contributed by atoms with Crippen LogP contribution in [0.25, 0.3) is 0 Å². The Morgan fingerprint density at radius 1 is 0.929 bits per heavy atom. The number of hydrogen-bond donors (Lipinski definition) is 0. The number of nitro benzene ring substituents is 1. The van der Waals surface area contributed by atoms with Crippen molar-refractivity contribution in [2.24, 2.45) is 11.8 Å².